The second-order valence-electron chi connectivity index (χ2n) is 3.64. The van der Waals surface area contributed by atoms with E-state index >= 15 is 0 Å². The highest BCUT2D eigenvalue weighted by atomic mass is 32.2. The maximum Gasteiger partial charge on any atom is 0.0643 e. The molecule has 76 valence electrons. The van der Waals surface area contributed by atoms with Gasteiger partial charge in [0, 0.05) is 37.7 Å². The van der Waals surface area contributed by atoms with Crippen molar-refractivity contribution < 1.29 is 4.74 Å². The first-order valence-corrected chi connectivity index (χ1v) is 6.22. The van der Waals surface area contributed by atoms with Crippen molar-refractivity contribution in [3.63, 3.8) is 0 Å². The van der Waals surface area contributed by atoms with Crippen LogP contribution in [0.25, 0.3) is 0 Å². The monoisotopic (exact) mass is 202 g/mol. The summed E-state index contributed by atoms with van der Waals surface area (Å²) in [5, 5.41) is 3.49. The van der Waals surface area contributed by atoms with Crippen LogP contribution in [0, 0.1) is 0 Å². The van der Waals surface area contributed by atoms with Gasteiger partial charge in [-0.2, -0.15) is 11.8 Å². The Morgan fingerprint density at radius 2 is 2.08 bits per heavy atom. The second-order valence-corrected chi connectivity index (χ2v) is 4.87. The third-order valence-corrected chi connectivity index (χ3v) is 3.55. The summed E-state index contributed by atoms with van der Waals surface area (Å²) in [6, 6.07) is 0.638. The fraction of sp³-hybridized carbons (Fsp3) is 1.00. The normalized spacial score (nSPS) is 25.8. The van der Waals surface area contributed by atoms with Gasteiger partial charge < -0.3 is 15.0 Å². The summed E-state index contributed by atoms with van der Waals surface area (Å²) in [5.74, 6) is 2.62. The Bertz CT molecular complexity index is 147. The third kappa shape index (κ3) is 3.13. The molecule has 2 heterocycles. The minimum Gasteiger partial charge on any atom is -0.378 e. The van der Waals surface area contributed by atoms with Gasteiger partial charge >= 0.3 is 0 Å². The van der Waals surface area contributed by atoms with Crippen molar-refractivity contribution in [3.05, 3.63) is 0 Å². The standard InChI is InChI=1S/C9H18N2OS/c1(10-9-7-12-8-9)2-11-3-5-13-6-4-11/h9-10H,1-8H2. The summed E-state index contributed by atoms with van der Waals surface area (Å²) in [6.45, 7) is 6.70. The van der Waals surface area contributed by atoms with Gasteiger partial charge in [-0.3, -0.25) is 0 Å². The van der Waals surface area contributed by atoms with E-state index in [1.165, 1.54) is 31.1 Å². The molecule has 2 saturated heterocycles. The van der Waals surface area contributed by atoms with Gasteiger partial charge in [-0.15, -0.1) is 0 Å². The number of rotatable bonds is 4. The van der Waals surface area contributed by atoms with E-state index in [1.54, 1.807) is 0 Å². The number of nitrogens with zero attached hydrogens (tertiary/aromatic N) is 1. The molecule has 4 heteroatoms. The van der Waals surface area contributed by atoms with Gasteiger partial charge in [0.05, 0.1) is 19.3 Å². The van der Waals surface area contributed by atoms with E-state index in [2.05, 4.69) is 22.0 Å². The summed E-state index contributed by atoms with van der Waals surface area (Å²) in [7, 11) is 0. The van der Waals surface area contributed by atoms with Crippen LogP contribution in [0.5, 0.6) is 0 Å². The highest BCUT2D eigenvalue weighted by molar-refractivity contribution is 7.99. The van der Waals surface area contributed by atoms with Gasteiger partial charge in [-0.25, -0.2) is 0 Å². The fourth-order valence-electron chi connectivity index (χ4n) is 1.61. The predicted octanol–water partition coefficient (Wildman–Crippen LogP) is 0.0236. The van der Waals surface area contributed by atoms with Crippen molar-refractivity contribution in [1.29, 1.82) is 0 Å². The van der Waals surface area contributed by atoms with Gasteiger partial charge in [0.1, 0.15) is 0 Å². The minimum absolute atomic E-state index is 0.638. The van der Waals surface area contributed by atoms with E-state index in [-0.39, 0.29) is 0 Å². The quantitative estimate of drug-likeness (QED) is 0.695. The topological polar surface area (TPSA) is 24.5 Å². The predicted molar refractivity (Wildman–Crippen MR) is 56.4 cm³/mol. The number of thioether (sulfide) groups is 1. The van der Waals surface area contributed by atoms with Crippen molar-refractivity contribution >= 4 is 11.8 Å². The molecular weight excluding hydrogens is 184 g/mol. The smallest absolute Gasteiger partial charge is 0.0643 e. The first-order chi connectivity index (χ1) is 6.45. The van der Waals surface area contributed by atoms with Crippen LogP contribution in [-0.4, -0.2) is 61.8 Å². The van der Waals surface area contributed by atoms with Crippen LogP contribution in [0.1, 0.15) is 0 Å². The van der Waals surface area contributed by atoms with Crippen molar-refractivity contribution in [2.75, 3.05) is 50.9 Å². The highest BCUT2D eigenvalue weighted by Crippen LogP contribution is 2.08. The minimum atomic E-state index is 0.638. The molecule has 0 aromatic rings. The molecule has 3 nitrogen and oxygen atoms in total. The molecule has 0 bridgehead atoms. The zero-order chi connectivity index (χ0) is 8.93. The lowest BCUT2D eigenvalue weighted by molar-refractivity contribution is -0.00560. The Kier molecular flexibility index (Phi) is 3.91. The summed E-state index contributed by atoms with van der Waals surface area (Å²) in [4.78, 5) is 2.54. The number of nitrogens with one attached hydrogen (secondary N) is 1. The van der Waals surface area contributed by atoms with Gasteiger partial charge in [0.15, 0.2) is 0 Å². The Morgan fingerprint density at radius 3 is 2.69 bits per heavy atom. The lowest BCUT2D eigenvalue weighted by Gasteiger charge is -2.30. The van der Waals surface area contributed by atoms with Crippen LogP contribution >= 0.6 is 11.8 Å². The Hall–Kier alpha value is 0.230. The first-order valence-electron chi connectivity index (χ1n) is 5.06. The van der Waals surface area contributed by atoms with Gasteiger partial charge in [0.2, 0.25) is 0 Å². The van der Waals surface area contributed by atoms with Crippen LogP contribution in [-0.2, 0) is 4.74 Å². The lowest BCUT2D eigenvalue weighted by atomic mass is 10.2. The zero-order valence-electron chi connectivity index (χ0n) is 8.00. The molecule has 2 aliphatic rings. The summed E-state index contributed by atoms with van der Waals surface area (Å²) < 4.78 is 5.10. The summed E-state index contributed by atoms with van der Waals surface area (Å²) in [5.41, 5.74) is 0. The zero-order valence-corrected chi connectivity index (χ0v) is 8.81. The number of ether oxygens (including phenoxy) is 1. The maximum atomic E-state index is 5.10. The molecule has 0 radical (unpaired) electrons. The number of hydrogen-bond donors (Lipinski definition) is 1. The Balaban J connectivity index is 1.50. The molecular formula is C9H18N2OS. The van der Waals surface area contributed by atoms with E-state index in [1.807, 2.05) is 0 Å². The van der Waals surface area contributed by atoms with Crippen molar-refractivity contribution in [1.82, 2.24) is 10.2 Å². The molecule has 2 fully saturated rings. The van der Waals surface area contributed by atoms with E-state index in [0.29, 0.717) is 6.04 Å². The van der Waals surface area contributed by atoms with E-state index in [0.717, 1.165) is 19.8 Å². The SMILES string of the molecule is C(CN1CCSCC1)NC1COC1. The molecule has 0 aromatic heterocycles. The molecule has 0 saturated carbocycles. The van der Waals surface area contributed by atoms with Crippen LogP contribution in [0.15, 0.2) is 0 Å². The van der Waals surface area contributed by atoms with E-state index in [9.17, 15) is 0 Å². The van der Waals surface area contributed by atoms with Crippen LogP contribution in [0.4, 0.5) is 0 Å². The van der Waals surface area contributed by atoms with Crippen LogP contribution in [0.3, 0.4) is 0 Å². The number of hydrogen-bond acceptors (Lipinski definition) is 4. The Morgan fingerprint density at radius 1 is 1.31 bits per heavy atom. The average Bonchev–Trinajstić information content (AvgIpc) is 2.11. The van der Waals surface area contributed by atoms with E-state index in [4.69, 9.17) is 4.74 Å². The van der Waals surface area contributed by atoms with Gasteiger partial charge in [-0.1, -0.05) is 0 Å². The molecule has 0 atom stereocenters. The van der Waals surface area contributed by atoms with Crippen molar-refractivity contribution in [2.24, 2.45) is 0 Å². The second kappa shape index (κ2) is 5.20. The third-order valence-electron chi connectivity index (χ3n) is 2.60. The lowest BCUT2D eigenvalue weighted by Crippen LogP contribution is -2.48. The largest absolute Gasteiger partial charge is 0.378 e. The van der Waals surface area contributed by atoms with Crippen molar-refractivity contribution in [3.8, 4) is 0 Å². The fourth-order valence-corrected chi connectivity index (χ4v) is 2.58. The molecule has 0 aromatic carbocycles. The highest BCUT2D eigenvalue weighted by Gasteiger charge is 2.17. The molecule has 13 heavy (non-hydrogen) atoms. The van der Waals surface area contributed by atoms with Gasteiger partial charge in [0.25, 0.3) is 0 Å². The molecule has 0 spiro atoms. The molecule has 0 unspecified atom stereocenters. The molecule has 2 aliphatic heterocycles. The summed E-state index contributed by atoms with van der Waals surface area (Å²) in [6.07, 6.45) is 0. The Labute approximate surface area is 84.2 Å². The van der Waals surface area contributed by atoms with E-state index < -0.39 is 0 Å². The van der Waals surface area contributed by atoms with Crippen LogP contribution < -0.4 is 5.32 Å². The summed E-state index contributed by atoms with van der Waals surface area (Å²) >= 11 is 2.07. The average molecular weight is 202 g/mol. The molecule has 0 amide bonds. The van der Waals surface area contributed by atoms with Gasteiger partial charge in [-0.05, 0) is 0 Å². The molecule has 2 rings (SSSR count). The molecule has 1 N–H and O–H groups in total. The van der Waals surface area contributed by atoms with Crippen LogP contribution in [0.2, 0.25) is 0 Å². The van der Waals surface area contributed by atoms with Crippen molar-refractivity contribution in [2.45, 2.75) is 6.04 Å². The first kappa shape index (κ1) is 9.77. The molecule has 0 aliphatic carbocycles. The maximum absolute atomic E-state index is 5.10.